The van der Waals surface area contributed by atoms with Crippen LogP contribution in [0.4, 0.5) is 0 Å². The molecule has 2 nitrogen and oxygen atoms in total. The van der Waals surface area contributed by atoms with Gasteiger partial charge in [0.1, 0.15) is 7.11 Å². The van der Waals surface area contributed by atoms with Crippen molar-refractivity contribution >= 4 is 5.71 Å². The molecule has 70 valence electrons. The van der Waals surface area contributed by atoms with Crippen LogP contribution in [0, 0.1) is 13.8 Å². The van der Waals surface area contributed by atoms with Gasteiger partial charge in [0.15, 0.2) is 0 Å². The Hall–Kier alpha value is -1.31. The van der Waals surface area contributed by atoms with E-state index in [-0.39, 0.29) is 0 Å². The van der Waals surface area contributed by atoms with E-state index in [2.05, 4.69) is 37.2 Å². The zero-order chi connectivity index (χ0) is 9.84. The minimum atomic E-state index is 0.920. The van der Waals surface area contributed by atoms with Crippen LogP contribution in [0.5, 0.6) is 0 Å². The van der Waals surface area contributed by atoms with Crippen LogP contribution in [0.25, 0.3) is 0 Å². The normalized spacial score (nSPS) is 11.5. The van der Waals surface area contributed by atoms with E-state index in [4.69, 9.17) is 4.84 Å². The summed E-state index contributed by atoms with van der Waals surface area (Å²) in [6, 6.07) is 6.31. The summed E-state index contributed by atoms with van der Waals surface area (Å²) >= 11 is 0. The van der Waals surface area contributed by atoms with Gasteiger partial charge in [-0.05, 0) is 32.4 Å². The predicted molar refractivity (Wildman–Crippen MR) is 55.1 cm³/mol. The van der Waals surface area contributed by atoms with Gasteiger partial charge in [0.25, 0.3) is 0 Å². The first-order valence-electron chi connectivity index (χ1n) is 4.30. The van der Waals surface area contributed by atoms with Gasteiger partial charge in [-0.1, -0.05) is 22.9 Å². The van der Waals surface area contributed by atoms with Crippen LogP contribution in [0.2, 0.25) is 0 Å². The van der Waals surface area contributed by atoms with Gasteiger partial charge >= 0.3 is 0 Å². The van der Waals surface area contributed by atoms with Crippen molar-refractivity contribution in [1.29, 1.82) is 0 Å². The Kier molecular flexibility index (Phi) is 3.07. The highest BCUT2D eigenvalue weighted by atomic mass is 16.6. The third-order valence-electron chi connectivity index (χ3n) is 2.01. The fourth-order valence-corrected chi connectivity index (χ4v) is 1.31. The quantitative estimate of drug-likeness (QED) is 0.502. The largest absolute Gasteiger partial charge is 0.399 e. The number of oxime groups is 1. The molecule has 0 heterocycles. The van der Waals surface area contributed by atoms with Crippen LogP contribution in [-0.4, -0.2) is 12.8 Å². The molecule has 0 N–H and O–H groups in total. The van der Waals surface area contributed by atoms with E-state index in [1.54, 1.807) is 7.11 Å². The highest BCUT2D eigenvalue weighted by molar-refractivity contribution is 5.99. The van der Waals surface area contributed by atoms with Gasteiger partial charge in [0.05, 0.1) is 5.71 Å². The second-order valence-corrected chi connectivity index (χ2v) is 3.18. The fourth-order valence-electron chi connectivity index (χ4n) is 1.31. The third-order valence-corrected chi connectivity index (χ3v) is 2.01. The summed E-state index contributed by atoms with van der Waals surface area (Å²) in [5.74, 6) is 0. The van der Waals surface area contributed by atoms with Crippen LogP contribution in [0.3, 0.4) is 0 Å². The Morgan fingerprint density at radius 1 is 1.31 bits per heavy atom. The molecule has 0 aliphatic carbocycles. The maximum Gasteiger partial charge on any atom is 0.106 e. The molecule has 1 aromatic carbocycles. The molecule has 0 bridgehead atoms. The number of aryl methyl sites for hydroxylation is 2. The molecule has 0 atom stereocenters. The summed E-state index contributed by atoms with van der Waals surface area (Å²) in [4.78, 5) is 4.74. The molecule has 0 aliphatic rings. The van der Waals surface area contributed by atoms with Crippen LogP contribution in [-0.2, 0) is 4.84 Å². The lowest BCUT2D eigenvalue weighted by Crippen LogP contribution is -1.99. The minimum absolute atomic E-state index is 0.920. The number of nitrogens with zero attached hydrogens (tertiary/aromatic N) is 1. The molecule has 0 fully saturated rings. The van der Waals surface area contributed by atoms with Crippen molar-refractivity contribution in [2.24, 2.45) is 5.16 Å². The molecule has 0 amide bonds. The zero-order valence-electron chi connectivity index (χ0n) is 8.59. The number of hydrogen-bond donors (Lipinski definition) is 0. The van der Waals surface area contributed by atoms with Gasteiger partial charge in [-0.15, -0.1) is 0 Å². The Labute approximate surface area is 79.2 Å². The average Bonchev–Trinajstić information content (AvgIpc) is 2.09. The molecular formula is C11H15NO. The summed E-state index contributed by atoms with van der Waals surface area (Å²) in [5.41, 5.74) is 4.54. The van der Waals surface area contributed by atoms with Gasteiger partial charge in [0, 0.05) is 5.56 Å². The van der Waals surface area contributed by atoms with E-state index in [0.29, 0.717) is 0 Å². The lowest BCUT2D eigenvalue weighted by Gasteiger charge is -2.05. The maximum atomic E-state index is 4.74. The molecule has 1 aromatic rings. The highest BCUT2D eigenvalue weighted by Crippen LogP contribution is 2.11. The van der Waals surface area contributed by atoms with Crippen molar-refractivity contribution in [3.8, 4) is 0 Å². The fraction of sp³-hybridized carbons (Fsp3) is 0.364. The third kappa shape index (κ3) is 2.31. The Balaban J connectivity index is 3.13. The van der Waals surface area contributed by atoms with Crippen LogP contribution < -0.4 is 0 Å². The van der Waals surface area contributed by atoms with Crippen LogP contribution in [0.1, 0.15) is 23.6 Å². The van der Waals surface area contributed by atoms with E-state index in [0.717, 1.165) is 11.3 Å². The van der Waals surface area contributed by atoms with E-state index < -0.39 is 0 Å². The first kappa shape index (κ1) is 9.78. The van der Waals surface area contributed by atoms with E-state index >= 15 is 0 Å². The smallest absolute Gasteiger partial charge is 0.106 e. The molecule has 0 saturated carbocycles. The van der Waals surface area contributed by atoms with Gasteiger partial charge < -0.3 is 4.84 Å². The van der Waals surface area contributed by atoms with E-state index in [1.165, 1.54) is 11.1 Å². The molecule has 2 heteroatoms. The van der Waals surface area contributed by atoms with Crippen molar-refractivity contribution in [3.63, 3.8) is 0 Å². The van der Waals surface area contributed by atoms with Gasteiger partial charge in [0.2, 0.25) is 0 Å². The standard InChI is InChI=1S/C11H15NO/c1-8-5-6-9(2)11(7-8)10(3)12-13-4/h5-7H,1-4H3/b12-10+. The number of hydrogen-bond acceptors (Lipinski definition) is 2. The average molecular weight is 177 g/mol. The van der Waals surface area contributed by atoms with Gasteiger partial charge in [-0.25, -0.2) is 0 Å². The van der Waals surface area contributed by atoms with Crippen LogP contribution in [0.15, 0.2) is 23.4 Å². The Morgan fingerprint density at radius 3 is 2.62 bits per heavy atom. The molecule has 0 unspecified atom stereocenters. The first-order valence-corrected chi connectivity index (χ1v) is 4.30. The maximum absolute atomic E-state index is 4.74. The summed E-state index contributed by atoms with van der Waals surface area (Å²) in [5, 5.41) is 3.91. The second kappa shape index (κ2) is 4.08. The van der Waals surface area contributed by atoms with Gasteiger partial charge in [-0.2, -0.15) is 0 Å². The SMILES string of the molecule is CO/N=C(\C)c1cc(C)ccc1C. The molecule has 0 saturated heterocycles. The molecule has 13 heavy (non-hydrogen) atoms. The topological polar surface area (TPSA) is 21.6 Å². The lowest BCUT2D eigenvalue weighted by atomic mass is 10.0. The van der Waals surface area contributed by atoms with Crippen molar-refractivity contribution < 1.29 is 4.84 Å². The molecule has 1 rings (SSSR count). The molecule has 0 radical (unpaired) electrons. The lowest BCUT2D eigenvalue weighted by molar-refractivity contribution is 0.213. The van der Waals surface area contributed by atoms with Gasteiger partial charge in [-0.3, -0.25) is 0 Å². The van der Waals surface area contributed by atoms with Crippen molar-refractivity contribution in [1.82, 2.24) is 0 Å². The Bertz CT molecular complexity index is 329. The Morgan fingerprint density at radius 2 is 2.00 bits per heavy atom. The van der Waals surface area contributed by atoms with Crippen molar-refractivity contribution in [2.45, 2.75) is 20.8 Å². The predicted octanol–water partition coefficient (Wildman–Crippen LogP) is 2.67. The van der Waals surface area contributed by atoms with Crippen molar-refractivity contribution in [2.75, 3.05) is 7.11 Å². The highest BCUT2D eigenvalue weighted by Gasteiger charge is 2.02. The summed E-state index contributed by atoms with van der Waals surface area (Å²) < 4.78 is 0. The zero-order valence-corrected chi connectivity index (χ0v) is 8.59. The summed E-state index contributed by atoms with van der Waals surface area (Å²) in [6.07, 6.45) is 0. The number of benzene rings is 1. The summed E-state index contributed by atoms with van der Waals surface area (Å²) in [6.45, 7) is 6.09. The molecule has 0 spiro atoms. The summed E-state index contributed by atoms with van der Waals surface area (Å²) in [7, 11) is 1.56. The monoisotopic (exact) mass is 177 g/mol. The first-order chi connectivity index (χ1) is 6.15. The molecule has 0 aromatic heterocycles. The molecule has 0 aliphatic heterocycles. The second-order valence-electron chi connectivity index (χ2n) is 3.18. The van der Waals surface area contributed by atoms with Crippen LogP contribution >= 0.6 is 0 Å². The molecular weight excluding hydrogens is 162 g/mol. The number of rotatable bonds is 2. The van der Waals surface area contributed by atoms with E-state index in [9.17, 15) is 0 Å². The van der Waals surface area contributed by atoms with Crippen molar-refractivity contribution in [3.05, 3.63) is 34.9 Å². The van der Waals surface area contributed by atoms with E-state index in [1.807, 2.05) is 6.92 Å². The minimum Gasteiger partial charge on any atom is -0.399 e.